The smallest absolute Gasteiger partial charge is 0.224 e. The van der Waals surface area contributed by atoms with Gasteiger partial charge >= 0.3 is 0 Å². The number of benzene rings is 1. The highest BCUT2D eigenvalue weighted by atomic mass is 16.5. The minimum atomic E-state index is 0.000408. The number of aromatic nitrogens is 2. The molecule has 0 radical (unpaired) electrons. The molecule has 1 saturated heterocycles. The van der Waals surface area contributed by atoms with Gasteiger partial charge in [-0.15, -0.1) is 0 Å². The van der Waals surface area contributed by atoms with E-state index in [1.54, 1.807) is 14.2 Å². The third-order valence-electron chi connectivity index (χ3n) is 5.34. The van der Waals surface area contributed by atoms with Crippen LogP contribution >= 0.6 is 0 Å². The molecule has 0 saturated carbocycles. The Labute approximate surface area is 158 Å². The molecule has 2 N–H and O–H groups in total. The maximum atomic E-state index is 8.19. The largest absolute Gasteiger partial charge is 0.491 e. The van der Waals surface area contributed by atoms with Gasteiger partial charge in [0.2, 0.25) is 5.62 Å². The first-order valence-corrected chi connectivity index (χ1v) is 9.49. The molecule has 8 nitrogen and oxygen atoms in total. The Morgan fingerprint density at radius 1 is 1.22 bits per heavy atom. The summed E-state index contributed by atoms with van der Waals surface area (Å²) >= 11 is 0. The molecular formula is C19H27N5O3. The normalized spacial score (nSPS) is 17.7. The third kappa shape index (κ3) is 3.46. The van der Waals surface area contributed by atoms with Crippen LogP contribution < -0.4 is 20.4 Å². The van der Waals surface area contributed by atoms with Gasteiger partial charge < -0.3 is 24.4 Å². The van der Waals surface area contributed by atoms with Crippen LogP contribution in [0.5, 0.6) is 11.5 Å². The maximum absolute atomic E-state index is 8.19. The van der Waals surface area contributed by atoms with Crippen LogP contribution in [0.3, 0.4) is 0 Å². The van der Waals surface area contributed by atoms with E-state index in [1.165, 1.54) is 12.8 Å². The summed E-state index contributed by atoms with van der Waals surface area (Å²) in [5.41, 5.74) is 0.871. The number of likely N-dealkylation sites (tertiary alicyclic amines) is 1. The average molecular weight is 373 g/mol. The van der Waals surface area contributed by atoms with E-state index >= 15 is 0 Å². The summed E-state index contributed by atoms with van der Waals surface area (Å²) in [5.74, 6) is 2.11. The Balaban J connectivity index is 1.58. The Kier molecular flexibility index (Phi) is 5.18. The molecule has 0 bridgehead atoms. The fourth-order valence-corrected chi connectivity index (χ4v) is 3.91. The minimum absolute atomic E-state index is 0.000408. The molecule has 1 unspecified atom stereocenters. The summed E-state index contributed by atoms with van der Waals surface area (Å²) in [5, 5.41) is 12.5. The van der Waals surface area contributed by atoms with Crippen molar-refractivity contribution in [2.45, 2.75) is 25.5 Å². The summed E-state index contributed by atoms with van der Waals surface area (Å²) in [6, 6.07) is 3.89. The molecule has 27 heavy (non-hydrogen) atoms. The molecule has 0 spiro atoms. The number of ether oxygens (including phenoxy) is 3. The lowest BCUT2D eigenvalue weighted by Crippen LogP contribution is -2.35. The van der Waals surface area contributed by atoms with E-state index < -0.39 is 0 Å². The van der Waals surface area contributed by atoms with E-state index in [1.807, 2.05) is 16.7 Å². The molecule has 8 heteroatoms. The van der Waals surface area contributed by atoms with Crippen molar-refractivity contribution < 1.29 is 14.2 Å². The second-order valence-corrected chi connectivity index (χ2v) is 7.03. The molecule has 2 aliphatic rings. The van der Waals surface area contributed by atoms with Crippen molar-refractivity contribution in [3.63, 3.8) is 0 Å². The van der Waals surface area contributed by atoms with Crippen LogP contribution in [0, 0.1) is 5.41 Å². The number of fused-ring (bicyclic) bond motifs is 3. The SMILES string of the molecule is COc1c(OCC(CN2CCCC2)OC)ccc2c3n(c(=N)nc12)CCN3. The molecule has 0 amide bonds. The molecule has 1 aromatic carbocycles. The van der Waals surface area contributed by atoms with E-state index in [2.05, 4.69) is 15.2 Å². The van der Waals surface area contributed by atoms with Crippen LogP contribution in [0.25, 0.3) is 10.9 Å². The van der Waals surface area contributed by atoms with Crippen LogP contribution in [0.1, 0.15) is 12.8 Å². The Morgan fingerprint density at radius 2 is 2.04 bits per heavy atom. The quantitative estimate of drug-likeness (QED) is 0.764. The van der Waals surface area contributed by atoms with E-state index in [-0.39, 0.29) is 11.7 Å². The summed E-state index contributed by atoms with van der Waals surface area (Å²) in [7, 11) is 3.33. The van der Waals surface area contributed by atoms with E-state index in [0.717, 1.165) is 43.9 Å². The Morgan fingerprint density at radius 3 is 2.78 bits per heavy atom. The maximum Gasteiger partial charge on any atom is 0.224 e. The second kappa shape index (κ2) is 7.74. The fourth-order valence-electron chi connectivity index (χ4n) is 3.91. The van der Waals surface area contributed by atoms with Crippen molar-refractivity contribution in [2.75, 3.05) is 52.3 Å². The van der Waals surface area contributed by atoms with Gasteiger partial charge in [0.25, 0.3) is 0 Å². The van der Waals surface area contributed by atoms with Crippen molar-refractivity contribution in [1.82, 2.24) is 14.5 Å². The highest BCUT2D eigenvalue weighted by molar-refractivity contribution is 5.95. The van der Waals surface area contributed by atoms with Crippen LogP contribution in [0.4, 0.5) is 5.82 Å². The van der Waals surface area contributed by atoms with Gasteiger partial charge in [-0.05, 0) is 38.1 Å². The molecule has 1 fully saturated rings. The topological polar surface area (TPSA) is 84.6 Å². The number of rotatable bonds is 7. The molecule has 0 aliphatic carbocycles. The highest BCUT2D eigenvalue weighted by Crippen LogP contribution is 2.37. The molecule has 1 atom stereocenters. The Bertz CT molecular complexity index is 876. The monoisotopic (exact) mass is 373 g/mol. The molecule has 146 valence electrons. The molecule has 1 aromatic heterocycles. The van der Waals surface area contributed by atoms with E-state index in [9.17, 15) is 0 Å². The van der Waals surface area contributed by atoms with Crippen molar-refractivity contribution in [3.8, 4) is 11.5 Å². The molecule has 4 rings (SSSR count). The zero-order valence-corrected chi connectivity index (χ0v) is 16.0. The lowest BCUT2D eigenvalue weighted by molar-refractivity contribution is 0.0340. The summed E-state index contributed by atoms with van der Waals surface area (Å²) < 4.78 is 19.1. The number of anilines is 1. The predicted octanol–water partition coefficient (Wildman–Crippen LogP) is 1.44. The summed E-state index contributed by atoms with van der Waals surface area (Å²) in [4.78, 5) is 6.87. The average Bonchev–Trinajstić information content (AvgIpc) is 3.36. The first-order valence-electron chi connectivity index (χ1n) is 9.49. The standard InChI is InChI=1S/C19H27N5O3/c1-25-13(11-23-8-3-4-9-23)12-27-15-6-5-14-16(17(15)26-2)22-19(20)24-10-7-21-18(14)24/h5-6,13,20-21H,3-4,7-12H2,1-2H3. The van der Waals surface area contributed by atoms with Gasteiger partial charge in [-0.1, -0.05) is 0 Å². The highest BCUT2D eigenvalue weighted by Gasteiger charge is 2.21. The number of hydrogen-bond acceptors (Lipinski definition) is 7. The number of nitrogens with one attached hydrogen (secondary N) is 2. The lowest BCUT2D eigenvalue weighted by Gasteiger charge is -2.23. The summed E-state index contributed by atoms with van der Waals surface area (Å²) in [6.07, 6.45) is 2.51. The minimum Gasteiger partial charge on any atom is -0.491 e. The molecular weight excluding hydrogens is 346 g/mol. The van der Waals surface area contributed by atoms with Gasteiger partial charge in [0.1, 0.15) is 24.0 Å². The molecule has 3 heterocycles. The first-order chi connectivity index (χ1) is 13.2. The zero-order chi connectivity index (χ0) is 18.8. The van der Waals surface area contributed by atoms with E-state index in [0.29, 0.717) is 23.6 Å². The Hall–Kier alpha value is -2.32. The van der Waals surface area contributed by atoms with Crippen molar-refractivity contribution in [1.29, 1.82) is 5.41 Å². The van der Waals surface area contributed by atoms with Crippen LogP contribution in [-0.4, -0.2) is 67.6 Å². The van der Waals surface area contributed by atoms with Crippen LogP contribution in [0.15, 0.2) is 12.1 Å². The van der Waals surface area contributed by atoms with Gasteiger partial charge in [0, 0.05) is 32.1 Å². The van der Waals surface area contributed by atoms with Crippen molar-refractivity contribution in [3.05, 3.63) is 17.8 Å². The van der Waals surface area contributed by atoms with Gasteiger partial charge in [-0.25, -0.2) is 4.98 Å². The van der Waals surface area contributed by atoms with E-state index in [4.69, 9.17) is 19.6 Å². The van der Waals surface area contributed by atoms with Crippen LogP contribution in [-0.2, 0) is 11.3 Å². The first kappa shape index (κ1) is 18.1. The second-order valence-electron chi connectivity index (χ2n) is 7.03. The van der Waals surface area contributed by atoms with Gasteiger partial charge in [0.15, 0.2) is 11.5 Å². The third-order valence-corrected chi connectivity index (χ3v) is 5.34. The molecule has 2 aromatic rings. The summed E-state index contributed by atoms with van der Waals surface area (Å²) in [6.45, 7) is 5.13. The van der Waals surface area contributed by atoms with Crippen molar-refractivity contribution in [2.24, 2.45) is 0 Å². The lowest BCUT2D eigenvalue weighted by atomic mass is 10.2. The predicted molar refractivity (Wildman–Crippen MR) is 103 cm³/mol. The number of hydrogen-bond donors (Lipinski definition) is 2. The van der Waals surface area contributed by atoms with Crippen molar-refractivity contribution >= 4 is 16.7 Å². The van der Waals surface area contributed by atoms with Gasteiger partial charge in [0.05, 0.1) is 7.11 Å². The zero-order valence-electron chi connectivity index (χ0n) is 16.0. The van der Waals surface area contributed by atoms with Crippen LogP contribution in [0.2, 0.25) is 0 Å². The van der Waals surface area contributed by atoms with Gasteiger partial charge in [-0.3, -0.25) is 9.98 Å². The van der Waals surface area contributed by atoms with Gasteiger partial charge in [-0.2, -0.15) is 0 Å². The fraction of sp³-hybridized carbons (Fsp3) is 0.579. The number of nitrogens with zero attached hydrogens (tertiary/aromatic N) is 3. The number of methoxy groups -OCH3 is 2. The molecule has 2 aliphatic heterocycles.